The standard InChI is InChI=1S/C6H9B/c1-5-3-7-4-6(5)2/h3-5H,1-2H3. The molecule has 0 aromatic carbocycles. The monoisotopic (exact) mass is 92.1 g/mol. The molecule has 0 bridgehead atoms. The first kappa shape index (κ1) is 4.82. The van der Waals surface area contributed by atoms with Gasteiger partial charge in [0.15, 0.2) is 0 Å². The first-order chi connectivity index (χ1) is 3.30. The minimum absolute atomic E-state index is 0.694. The van der Waals surface area contributed by atoms with E-state index in [1.165, 1.54) is 5.57 Å². The Morgan fingerprint density at radius 1 is 1.71 bits per heavy atom. The predicted octanol–water partition coefficient (Wildman–Crippen LogP) is 1.05. The van der Waals surface area contributed by atoms with Crippen LogP contribution < -0.4 is 0 Å². The van der Waals surface area contributed by atoms with Crippen LogP contribution >= 0.6 is 0 Å². The maximum absolute atomic E-state index is 2.20. The summed E-state index contributed by atoms with van der Waals surface area (Å²) < 4.78 is 0. The second-order valence-corrected chi connectivity index (χ2v) is 2.08. The number of rotatable bonds is 0. The molecular formula is C6H9B. The second-order valence-electron chi connectivity index (χ2n) is 2.08. The Morgan fingerprint density at radius 3 is 2.57 bits per heavy atom. The van der Waals surface area contributed by atoms with Gasteiger partial charge in [-0.05, 0) is 0 Å². The molecule has 0 radical (unpaired) electrons. The Hall–Kier alpha value is -0.325. The van der Waals surface area contributed by atoms with Gasteiger partial charge in [-0.15, -0.1) is 0 Å². The first-order valence-corrected chi connectivity index (χ1v) is 2.65. The molecule has 36 valence electrons. The zero-order chi connectivity index (χ0) is 5.28. The zero-order valence-electron chi connectivity index (χ0n) is 4.81. The van der Waals surface area contributed by atoms with E-state index in [0.717, 1.165) is 0 Å². The molecule has 1 rings (SSSR count). The summed E-state index contributed by atoms with van der Waals surface area (Å²) in [4.78, 5) is 0. The van der Waals surface area contributed by atoms with Crippen molar-refractivity contribution in [1.29, 1.82) is 0 Å². The molecule has 0 saturated carbocycles. The van der Waals surface area contributed by atoms with Crippen molar-refractivity contribution in [2.75, 3.05) is 0 Å². The van der Waals surface area contributed by atoms with Crippen molar-refractivity contribution in [3.05, 3.63) is 11.5 Å². The van der Waals surface area contributed by atoms with Gasteiger partial charge in [0, 0.05) is 0 Å². The van der Waals surface area contributed by atoms with Gasteiger partial charge in [0.05, 0.1) is 0 Å². The van der Waals surface area contributed by atoms with Crippen molar-refractivity contribution in [1.82, 2.24) is 0 Å². The van der Waals surface area contributed by atoms with Crippen LogP contribution in [0.5, 0.6) is 0 Å². The first-order valence-electron chi connectivity index (χ1n) is 2.65. The van der Waals surface area contributed by atoms with E-state index in [4.69, 9.17) is 0 Å². The Labute approximate surface area is 45.1 Å². The van der Waals surface area contributed by atoms with Gasteiger partial charge >= 0.3 is 44.2 Å². The molecule has 0 fully saturated rings. The van der Waals surface area contributed by atoms with Crippen LogP contribution in [-0.2, 0) is 0 Å². The van der Waals surface area contributed by atoms with Crippen molar-refractivity contribution in [2.24, 2.45) is 5.92 Å². The van der Waals surface area contributed by atoms with Gasteiger partial charge in [0.1, 0.15) is 0 Å². The van der Waals surface area contributed by atoms with Crippen LogP contribution in [0.25, 0.3) is 0 Å². The molecule has 1 aliphatic rings. The normalized spacial score (nSPS) is 27.1. The summed E-state index contributed by atoms with van der Waals surface area (Å²) in [5.74, 6) is 5.06. The number of hydrogen-bond acceptors (Lipinski definition) is 0. The maximum atomic E-state index is 2.20. The van der Waals surface area contributed by atoms with Gasteiger partial charge in [0.2, 0.25) is 0 Å². The van der Waals surface area contributed by atoms with Gasteiger partial charge < -0.3 is 0 Å². The van der Waals surface area contributed by atoms with Crippen molar-refractivity contribution < 1.29 is 0 Å². The molecule has 1 heterocycles. The van der Waals surface area contributed by atoms with E-state index >= 15 is 0 Å². The van der Waals surface area contributed by atoms with Gasteiger partial charge in [-0.3, -0.25) is 0 Å². The van der Waals surface area contributed by atoms with E-state index in [0.29, 0.717) is 5.92 Å². The topological polar surface area (TPSA) is 0 Å². The molecular weight excluding hydrogens is 82.9 g/mol. The molecule has 0 aromatic rings. The van der Waals surface area contributed by atoms with Crippen molar-refractivity contribution in [3.63, 3.8) is 0 Å². The molecule has 1 heteroatoms. The molecule has 0 spiro atoms. The fourth-order valence-corrected chi connectivity index (χ4v) is 0.678. The molecule has 1 unspecified atom stereocenters. The quantitative estimate of drug-likeness (QED) is 0.391. The van der Waals surface area contributed by atoms with E-state index in [9.17, 15) is 0 Å². The second kappa shape index (κ2) is 1.65. The Morgan fingerprint density at radius 2 is 2.43 bits per heavy atom. The summed E-state index contributed by atoms with van der Waals surface area (Å²) in [6.45, 7) is 6.47. The summed E-state index contributed by atoms with van der Waals surface area (Å²) >= 11 is 0. The van der Waals surface area contributed by atoms with Crippen LogP contribution in [0.3, 0.4) is 0 Å². The summed E-state index contributed by atoms with van der Waals surface area (Å²) in [5, 5.41) is 0. The van der Waals surface area contributed by atoms with E-state index < -0.39 is 0 Å². The van der Waals surface area contributed by atoms with Gasteiger partial charge in [-0.25, -0.2) is 0 Å². The van der Waals surface area contributed by atoms with Crippen LogP contribution in [0.2, 0.25) is 0 Å². The van der Waals surface area contributed by atoms with Crippen molar-refractivity contribution >= 4 is 12.9 Å². The molecule has 0 saturated heterocycles. The minimum atomic E-state index is 0.694. The molecule has 0 N–H and O–H groups in total. The molecule has 1 atom stereocenters. The third kappa shape index (κ3) is 0.819. The average Bonchev–Trinajstić information content (AvgIpc) is 1.91. The molecule has 1 aliphatic heterocycles. The fourth-order valence-electron chi connectivity index (χ4n) is 0.678. The number of hydrogen-bond donors (Lipinski definition) is 0. The molecule has 0 nitrogen and oxygen atoms in total. The predicted molar refractivity (Wildman–Crippen MR) is 34.7 cm³/mol. The number of allylic oxidation sites excluding steroid dienone is 1. The van der Waals surface area contributed by atoms with E-state index in [1.807, 2.05) is 0 Å². The zero-order valence-corrected chi connectivity index (χ0v) is 4.81. The van der Waals surface area contributed by atoms with Gasteiger partial charge in [-0.2, -0.15) is 0 Å². The summed E-state index contributed by atoms with van der Waals surface area (Å²) in [7, 11) is 0. The third-order valence-electron chi connectivity index (χ3n) is 1.48. The Bertz CT molecular complexity index is 122. The summed E-state index contributed by atoms with van der Waals surface area (Å²) in [6, 6.07) is 0. The summed E-state index contributed by atoms with van der Waals surface area (Å²) in [5.41, 5.74) is 1.47. The van der Waals surface area contributed by atoms with Crippen LogP contribution in [0.1, 0.15) is 13.8 Å². The SMILES string of the molecule is CC1=CB=CC1C. The third-order valence-corrected chi connectivity index (χ3v) is 1.48. The van der Waals surface area contributed by atoms with Crippen LogP contribution in [-0.4, -0.2) is 12.9 Å². The van der Waals surface area contributed by atoms with Crippen LogP contribution in [0.4, 0.5) is 0 Å². The van der Waals surface area contributed by atoms with E-state index in [1.54, 1.807) is 0 Å². The van der Waals surface area contributed by atoms with E-state index in [-0.39, 0.29) is 0 Å². The van der Waals surface area contributed by atoms with Crippen molar-refractivity contribution in [2.45, 2.75) is 13.8 Å². The fraction of sp³-hybridized carbons (Fsp3) is 0.500. The Balaban J connectivity index is 2.69. The van der Waals surface area contributed by atoms with Crippen LogP contribution in [0.15, 0.2) is 11.5 Å². The van der Waals surface area contributed by atoms with E-state index in [2.05, 4.69) is 32.7 Å². The van der Waals surface area contributed by atoms with Crippen molar-refractivity contribution in [3.8, 4) is 0 Å². The van der Waals surface area contributed by atoms with Gasteiger partial charge in [-0.1, -0.05) is 0 Å². The summed E-state index contributed by atoms with van der Waals surface area (Å²) in [6.07, 6.45) is 0. The molecule has 7 heavy (non-hydrogen) atoms. The average molecular weight is 92.0 g/mol. The molecule has 0 aliphatic carbocycles. The molecule has 0 amide bonds. The van der Waals surface area contributed by atoms with Gasteiger partial charge in [0.25, 0.3) is 0 Å². The Kier molecular flexibility index (Phi) is 1.14. The molecule has 0 aromatic heterocycles. The van der Waals surface area contributed by atoms with Crippen LogP contribution in [0, 0.1) is 5.92 Å².